The largest absolute Gasteiger partial charge is 2.00 e. The fraction of sp³-hybridized carbons (Fsp3) is 0.250. The Morgan fingerprint density at radius 1 is 1.64 bits per heavy atom. The van der Waals surface area contributed by atoms with Crippen molar-refractivity contribution in [1.29, 1.82) is 5.26 Å². The fourth-order valence-electron chi connectivity index (χ4n) is 0.564. The van der Waals surface area contributed by atoms with Crippen LogP contribution in [0, 0.1) is 18.0 Å². The van der Waals surface area contributed by atoms with Crippen LogP contribution in [0.25, 0.3) is 0 Å². The molecule has 0 aliphatic rings. The Hall–Kier alpha value is -0.866. The summed E-state index contributed by atoms with van der Waals surface area (Å²) >= 11 is 0. The molecular weight excluding hydrogens is 183 g/mol. The van der Waals surface area contributed by atoms with E-state index in [1.807, 2.05) is 12.1 Å². The maximum Gasteiger partial charge on any atom is 2.00 e. The quantitative estimate of drug-likeness (QED) is 0.498. The van der Waals surface area contributed by atoms with E-state index in [2.05, 4.69) is 18.1 Å². The molecule has 1 aromatic heterocycles. The number of pyridine rings is 1. The Balaban J connectivity index is 0. The summed E-state index contributed by atoms with van der Waals surface area (Å²) in [6, 6.07) is 3.90. The van der Waals surface area contributed by atoms with Crippen LogP contribution in [0.4, 0.5) is 0 Å². The maximum absolute atomic E-state index is 6.25. The van der Waals surface area contributed by atoms with Gasteiger partial charge in [0, 0.05) is 0 Å². The first-order valence-electron chi connectivity index (χ1n) is 2.97. The van der Waals surface area contributed by atoms with Crippen LogP contribution in [-0.2, 0) is 22.9 Å². The van der Waals surface area contributed by atoms with Crippen LogP contribution in [0.1, 0.15) is 12.5 Å². The first-order valence-corrected chi connectivity index (χ1v) is 2.97. The molecule has 0 aliphatic heterocycles. The summed E-state index contributed by atoms with van der Waals surface area (Å²) < 4.78 is 0. The second-order valence-corrected chi connectivity index (χ2v) is 1.65. The zero-order valence-corrected chi connectivity index (χ0v) is 7.14. The van der Waals surface area contributed by atoms with E-state index in [-0.39, 0.29) is 16.5 Å². The van der Waals surface area contributed by atoms with E-state index in [4.69, 9.17) is 11.8 Å². The summed E-state index contributed by atoms with van der Waals surface area (Å²) in [5, 5.41) is 6.25. The molecule has 0 spiro atoms. The van der Waals surface area contributed by atoms with Crippen molar-refractivity contribution in [2.45, 2.75) is 13.3 Å². The molecule has 0 atom stereocenters. The van der Waals surface area contributed by atoms with Gasteiger partial charge in [-0.1, -0.05) is 25.7 Å². The van der Waals surface area contributed by atoms with Gasteiger partial charge in [-0.2, -0.15) is 17.7 Å². The number of hydrogen-bond donors (Lipinski definition) is 0. The monoisotopic (exact) mass is 190 g/mol. The van der Waals surface area contributed by atoms with Gasteiger partial charge in [0.15, 0.2) is 0 Å². The molecule has 0 N–H and O–H groups in total. The van der Waals surface area contributed by atoms with Gasteiger partial charge in [-0.25, -0.2) is 0 Å². The van der Waals surface area contributed by atoms with E-state index in [9.17, 15) is 0 Å². The molecule has 60 valence electrons. The Morgan fingerprint density at radius 2 is 2.27 bits per heavy atom. The van der Waals surface area contributed by atoms with E-state index in [1.165, 1.54) is 5.56 Å². The van der Waals surface area contributed by atoms with Gasteiger partial charge < -0.3 is 16.8 Å². The van der Waals surface area contributed by atoms with E-state index < -0.39 is 0 Å². The predicted molar refractivity (Wildman–Crippen MR) is 37.4 cm³/mol. The first kappa shape index (κ1) is 12.8. The van der Waals surface area contributed by atoms with Crippen molar-refractivity contribution in [2.75, 3.05) is 0 Å². The van der Waals surface area contributed by atoms with Crippen LogP contribution < -0.4 is 0 Å². The van der Waals surface area contributed by atoms with Crippen molar-refractivity contribution < 1.29 is 16.5 Å². The number of aromatic nitrogens is 1. The van der Waals surface area contributed by atoms with Crippen LogP contribution in [0.2, 0.25) is 0 Å². The van der Waals surface area contributed by atoms with Crippen LogP contribution in [-0.4, -0.2) is 4.98 Å². The minimum atomic E-state index is 0. The third-order valence-electron chi connectivity index (χ3n) is 1.10. The fourth-order valence-corrected chi connectivity index (χ4v) is 0.564. The molecule has 0 saturated heterocycles. The van der Waals surface area contributed by atoms with Crippen molar-refractivity contribution in [3.63, 3.8) is 0 Å². The van der Waals surface area contributed by atoms with Gasteiger partial charge in [-0.05, 0) is 0 Å². The van der Waals surface area contributed by atoms with E-state index in [0.29, 0.717) is 0 Å². The zero-order valence-electron chi connectivity index (χ0n) is 6.15. The molecule has 0 aromatic carbocycles. The normalized spacial score (nSPS) is 6.82. The Morgan fingerprint density at radius 3 is 2.55 bits per heavy atom. The zero-order chi connectivity index (χ0) is 7.82. The van der Waals surface area contributed by atoms with Gasteiger partial charge in [-0.3, -0.25) is 0 Å². The Kier molecular flexibility index (Phi) is 10.6. The molecule has 11 heavy (non-hydrogen) atoms. The summed E-state index contributed by atoms with van der Waals surface area (Å²) in [6.45, 7) is 6.86. The van der Waals surface area contributed by atoms with Gasteiger partial charge in [0.2, 0.25) is 0 Å². The summed E-state index contributed by atoms with van der Waals surface area (Å²) in [7, 11) is 0. The average Bonchev–Trinajstić information content (AvgIpc) is 2.10. The number of nitrogens with zero attached hydrogens (tertiary/aromatic N) is 2. The Bertz CT molecular complexity index is 184. The second kappa shape index (κ2) is 9.13. The second-order valence-electron chi connectivity index (χ2n) is 1.65. The van der Waals surface area contributed by atoms with Crippen molar-refractivity contribution >= 4 is 0 Å². The Labute approximate surface area is 77.2 Å². The van der Waals surface area contributed by atoms with Gasteiger partial charge in [-0.15, -0.1) is 0 Å². The molecule has 0 saturated carbocycles. The summed E-state index contributed by atoms with van der Waals surface area (Å²) in [5.41, 5.74) is 1.29. The smallest absolute Gasteiger partial charge is 0.512 e. The molecule has 0 amide bonds. The predicted octanol–water partition coefficient (Wildman–Crippen LogP) is 1.54. The molecule has 2 nitrogen and oxygen atoms in total. The SMILES string of the molecule is CCc1c[c-]ncc1.[C-]#N.[Ni+2]. The summed E-state index contributed by atoms with van der Waals surface area (Å²) in [4.78, 5) is 3.77. The molecule has 0 aliphatic carbocycles. The third kappa shape index (κ3) is 5.57. The standard InChI is InChI=1S/C7H8N.CN.Ni/c1-2-7-3-5-8-6-4-7;1-2;/h3-5H,2H2,1H3;;/q2*-1;+2. The molecule has 1 aromatic rings. The third-order valence-corrected chi connectivity index (χ3v) is 1.10. The van der Waals surface area contributed by atoms with Crippen LogP contribution in [0.3, 0.4) is 0 Å². The number of hydrogen-bond acceptors (Lipinski definition) is 2. The molecular formula is C8H8N2Ni. The minimum Gasteiger partial charge on any atom is -0.512 e. The van der Waals surface area contributed by atoms with Gasteiger partial charge >= 0.3 is 16.5 Å². The first-order chi connectivity index (χ1) is 4.93. The summed E-state index contributed by atoms with van der Waals surface area (Å²) in [5.74, 6) is 0. The van der Waals surface area contributed by atoms with E-state index >= 15 is 0 Å². The van der Waals surface area contributed by atoms with E-state index in [0.717, 1.165) is 6.42 Å². The summed E-state index contributed by atoms with van der Waals surface area (Å²) in [6.07, 6.45) is 5.59. The minimum absolute atomic E-state index is 0. The average molecular weight is 191 g/mol. The molecule has 0 radical (unpaired) electrons. The number of aryl methyl sites for hydroxylation is 1. The van der Waals surface area contributed by atoms with Gasteiger partial charge in [0.1, 0.15) is 0 Å². The van der Waals surface area contributed by atoms with Crippen molar-refractivity contribution in [3.05, 3.63) is 36.7 Å². The maximum atomic E-state index is 6.25. The van der Waals surface area contributed by atoms with Gasteiger partial charge in [0.25, 0.3) is 0 Å². The van der Waals surface area contributed by atoms with Gasteiger partial charge in [0.05, 0.1) is 0 Å². The van der Waals surface area contributed by atoms with Crippen molar-refractivity contribution in [1.82, 2.24) is 4.98 Å². The van der Waals surface area contributed by atoms with Crippen molar-refractivity contribution in [2.24, 2.45) is 0 Å². The molecule has 1 rings (SSSR count). The van der Waals surface area contributed by atoms with Crippen LogP contribution in [0.5, 0.6) is 0 Å². The number of rotatable bonds is 1. The molecule has 1 heterocycles. The molecule has 0 unspecified atom stereocenters. The topological polar surface area (TPSA) is 36.7 Å². The van der Waals surface area contributed by atoms with Crippen LogP contribution in [0.15, 0.2) is 18.3 Å². The van der Waals surface area contributed by atoms with Crippen LogP contribution >= 0.6 is 0 Å². The molecule has 3 heteroatoms. The molecule has 0 bridgehead atoms. The van der Waals surface area contributed by atoms with E-state index in [1.54, 1.807) is 6.20 Å². The molecule has 0 fully saturated rings. The van der Waals surface area contributed by atoms with Crippen molar-refractivity contribution in [3.8, 4) is 0 Å².